The Hall–Kier alpha value is -1.09. The minimum atomic E-state index is -0.646. The number of halogens is 1. The van der Waals surface area contributed by atoms with Crippen molar-refractivity contribution in [3.63, 3.8) is 0 Å². The van der Waals surface area contributed by atoms with Crippen LogP contribution in [-0.2, 0) is 0 Å². The molecular weight excluding hydrogens is 241 g/mol. The van der Waals surface area contributed by atoms with Crippen LogP contribution >= 0.6 is 0 Å². The van der Waals surface area contributed by atoms with Gasteiger partial charge >= 0.3 is 0 Å². The third-order valence-electron chi connectivity index (χ3n) is 4.38. The molecule has 19 heavy (non-hydrogen) atoms. The average molecular weight is 265 g/mol. The monoisotopic (exact) mass is 265 g/mol. The predicted octanol–water partition coefficient (Wildman–Crippen LogP) is 3.89. The van der Waals surface area contributed by atoms with Crippen LogP contribution in [0, 0.1) is 11.7 Å². The molecule has 0 aliphatic heterocycles. The van der Waals surface area contributed by atoms with Crippen LogP contribution in [0.15, 0.2) is 18.2 Å². The van der Waals surface area contributed by atoms with Gasteiger partial charge in [-0.1, -0.05) is 19.8 Å². The maximum absolute atomic E-state index is 13.4. The van der Waals surface area contributed by atoms with Crippen molar-refractivity contribution in [2.45, 2.75) is 51.7 Å². The molecule has 0 saturated heterocycles. The van der Waals surface area contributed by atoms with Crippen LogP contribution < -0.4 is 4.90 Å². The first-order valence-electron chi connectivity index (χ1n) is 7.21. The molecule has 3 atom stereocenters. The summed E-state index contributed by atoms with van der Waals surface area (Å²) in [5, 5.41) is 9.85. The normalized spacial score (nSPS) is 25.1. The Labute approximate surface area is 115 Å². The van der Waals surface area contributed by atoms with Crippen molar-refractivity contribution in [3.05, 3.63) is 29.6 Å². The summed E-state index contributed by atoms with van der Waals surface area (Å²) < 4.78 is 13.4. The predicted molar refractivity (Wildman–Crippen MR) is 76.9 cm³/mol. The van der Waals surface area contributed by atoms with E-state index in [1.807, 2.05) is 0 Å². The average Bonchev–Trinajstić information content (AvgIpc) is 2.38. The smallest absolute Gasteiger partial charge is 0.123 e. The second-order valence-electron chi connectivity index (χ2n) is 5.82. The summed E-state index contributed by atoms with van der Waals surface area (Å²) in [6.45, 7) is 3.97. The van der Waals surface area contributed by atoms with Crippen molar-refractivity contribution in [1.82, 2.24) is 0 Å². The van der Waals surface area contributed by atoms with E-state index in [1.165, 1.54) is 37.8 Å². The lowest BCUT2D eigenvalue weighted by Crippen LogP contribution is -2.39. The lowest BCUT2D eigenvalue weighted by Gasteiger charge is -2.38. The number of aliphatic hydroxyl groups excluding tert-OH is 1. The van der Waals surface area contributed by atoms with Crippen molar-refractivity contribution in [2.24, 2.45) is 5.92 Å². The molecule has 0 radical (unpaired) electrons. The minimum absolute atomic E-state index is 0.287. The number of benzene rings is 1. The summed E-state index contributed by atoms with van der Waals surface area (Å²) in [6.07, 6.45) is 4.34. The van der Waals surface area contributed by atoms with Crippen LogP contribution in [0.2, 0.25) is 0 Å². The molecule has 1 aliphatic carbocycles. The van der Waals surface area contributed by atoms with E-state index >= 15 is 0 Å². The van der Waals surface area contributed by atoms with E-state index in [9.17, 15) is 9.50 Å². The maximum atomic E-state index is 13.4. The van der Waals surface area contributed by atoms with E-state index in [2.05, 4.69) is 18.9 Å². The highest BCUT2D eigenvalue weighted by molar-refractivity contribution is 5.55. The Kier molecular flexibility index (Phi) is 4.46. The van der Waals surface area contributed by atoms with Crippen LogP contribution in [0.3, 0.4) is 0 Å². The molecule has 1 fully saturated rings. The molecule has 1 aromatic rings. The molecule has 0 bridgehead atoms. The van der Waals surface area contributed by atoms with E-state index in [-0.39, 0.29) is 5.82 Å². The number of anilines is 1. The number of rotatable bonds is 3. The highest BCUT2D eigenvalue weighted by Gasteiger charge is 2.26. The summed E-state index contributed by atoms with van der Waals surface area (Å²) in [7, 11) is 2.06. The van der Waals surface area contributed by atoms with Crippen LogP contribution in [-0.4, -0.2) is 18.2 Å². The third-order valence-corrected chi connectivity index (χ3v) is 4.38. The molecule has 0 aromatic heterocycles. The molecule has 3 unspecified atom stereocenters. The lowest BCUT2D eigenvalue weighted by atomic mass is 9.84. The highest BCUT2D eigenvalue weighted by Crippen LogP contribution is 2.34. The summed E-state index contributed by atoms with van der Waals surface area (Å²) in [5.74, 6) is 0.357. The fourth-order valence-corrected chi connectivity index (χ4v) is 3.23. The molecule has 0 spiro atoms. The van der Waals surface area contributed by atoms with E-state index in [1.54, 1.807) is 13.0 Å². The number of nitrogens with zero attached hydrogens (tertiary/aromatic N) is 1. The van der Waals surface area contributed by atoms with Crippen molar-refractivity contribution in [2.75, 3.05) is 11.9 Å². The van der Waals surface area contributed by atoms with Gasteiger partial charge in [0, 0.05) is 24.3 Å². The molecule has 1 N–H and O–H groups in total. The molecule has 2 nitrogen and oxygen atoms in total. The Balaban J connectivity index is 2.29. The second kappa shape index (κ2) is 5.91. The van der Waals surface area contributed by atoms with Gasteiger partial charge in [0.1, 0.15) is 5.82 Å². The minimum Gasteiger partial charge on any atom is -0.389 e. The number of aliphatic hydroxyl groups is 1. The Morgan fingerprint density at radius 2 is 2.00 bits per heavy atom. The van der Waals surface area contributed by atoms with Gasteiger partial charge < -0.3 is 10.0 Å². The first-order chi connectivity index (χ1) is 9.00. The van der Waals surface area contributed by atoms with Crippen LogP contribution in [0.5, 0.6) is 0 Å². The number of hydrogen-bond donors (Lipinski definition) is 1. The van der Waals surface area contributed by atoms with E-state index in [0.717, 1.165) is 5.69 Å². The van der Waals surface area contributed by atoms with Gasteiger partial charge in [-0.2, -0.15) is 0 Å². The lowest BCUT2D eigenvalue weighted by molar-refractivity contribution is 0.198. The van der Waals surface area contributed by atoms with Gasteiger partial charge in [0.15, 0.2) is 0 Å². The summed E-state index contributed by atoms with van der Waals surface area (Å²) in [5.41, 5.74) is 1.63. The molecule has 2 rings (SSSR count). The summed E-state index contributed by atoms with van der Waals surface area (Å²) in [4.78, 5) is 2.23. The molecule has 0 amide bonds. The van der Waals surface area contributed by atoms with Crippen molar-refractivity contribution < 1.29 is 9.50 Å². The molecule has 106 valence electrons. The zero-order chi connectivity index (χ0) is 14.0. The van der Waals surface area contributed by atoms with Gasteiger partial charge in [-0.25, -0.2) is 4.39 Å². The van der Waals surface area contributed by atoms with Crippen molar-refractivity contribution in [3.8, 4) is 0 Å². The molecule has 0 heterocycles. The Morgan fingerprint density at radius 3 is 2.63 bits per heavy atom. The van der Waals surface area contributed by atoms with Gasteiger partial charge in [0.2, 0.25) is 0 Å². The van der Waals surface area contributed by atoms with Crippen molar-refractivity contribution >= 4 is 5.69 Å². The largest absolute Gasteiger partial charge is 0.389 e. The van der Waals surface area contributed by atoms with Gasteiger partial charge in [0.05, 0.1) is 6.10 Å². The molecular formula is C16H24FNO. The highest BCUT2D eigenvalue weighted by atomic mass is 19.1. The topological polar surface area (TPSA) is 23.5 Å². The first-order valence-corrected chi connectivity index (χ1v) is 7.21. The summed E-state index contributed by atoms with van der Waals surface area (Å²) >= 11 is 0. The third kappa shape index (κ3) is 3.08. The van der Waals surface area contributed by atoms with E-state index < -0.39 is 6.10 Å². The van der Waals surface area contributed by atoms with Gasteiger partial charge in [-0.15, -0.1) is 0 Å². The Morgan fingerprint density at radius 1 is 1.32 bits per heavy atom. The molecule has 1 saturated carbocycles. The van der Waals surface area contributed by atoms with Crippen LogP contribution in [0.4, 0.5) is 10.1 Å². The maximum Gasteiger partial charge on any atom is 0.123 e. The number of hydrogen-bond acceptors (Lipinski definition) is 2. The van der Waals surface area contributed by atoms with Crippen molar-refractivity contribution in [1.29, 1.82) is 0 Å². The molecule has 3 heteroatoms. The standard InChI is InChI=1S/C16H24FNO/c1-11-6-4-5-7-15(11)18(3)16-9-8-13(17)10-14(16)12(2)19/h8-12,15,19H,4-7H2,1-3H3. The fraction of sp³-hybridized carbons (Fsp3) is 0.625. The van der Waals surface area contributed by atoms with Gasteiger partial charge in [0.25, 0.3) is 0 Å². The zero-order valence-electron chi connectivity index (χ0n) is 12.1. The molecule has 1 aliphatic rings. The van der Waals surface area contributed by atoms with Crippen LogP contribution in [0.1, 0.15) is 51.2 Å². The van der Waals surface area contributed by atoms with E-state index in [0.29, 0.717) is 17.5 Å². The zero-order valence-corrected chi connectivity index (χ0v) is 12.1. The van der Waals surface area contributed by atoms with Gasteiger partial charge in [-0.05, 0) is 43.9 Å². The van der Waals surface area contributed by atoms with Crippen LogP contribution in [0.25, 0.3) is 0 Å². The van der Waals surface area contributed by atoms with Gasteiger partial charge in [-0.3, -0.25) is 0 Å². The molecule has 1 aromatic carbocycles. The Bertz CT molecular complexity index is 433. The SMILES string of the molecule is CC(O)c1cc(F)ccc1N(C)C1CCCCC1C. The fourth-order valence-electron chi connectivity index (χ4n) is 3.23. The quantitative estimate of drug-likeness (QED) is 0.896. The first kappa shape index (κ1) is 14.3. The second-order valence-corrected chi connectivity index (χ2v) is 5.82. The van der Waals surface area contributed by atoms with E-state index in [4.69, 9.17) is 0 Å². The summed E-state index contributed by atoms with van der Waals surface area (Å²) in [6, 6.07) is 5.20.